The van der Waals surface area contributed by atoms with Gasteiger partial charge in [0.1, 0.15) is 0 Å². The summed E-state index contributed by atoms with van der Waals surface area (Å²) in [5.41, 5.74) is 3.24. The van der Waals surface area contributed by atoms with E-state index >= 15 is 0 Å². The van der Waals surface area contributed by atoms with Crippen molar-refractivity contribution >= 4 is 16.8 Å². The predicted octanol–water partition coefficient (Wildman–Crippen LogP) is 2.59. The number of aryl methyl sites for hydroxylation is 1. The van der Waals surface area contributed by atoms with Gasteiger partial charge < -0.3 is 10.4 Å². The Morgan fingerprint density at radius 1 is 1.22 bits per heavy atom. The Balaban J connectivity index is 1.81. The fourth-order valence-electron chi connectivity index (χ4n) is 2.58. The molecule has 0 saturated carbocycles. The SMILES string of the molecule is CCc1ccc(C(CO)NC(=O)c2n[nH]c3ccccc23)cc1. The molecule has 0 fully saturated rings. The number of fused-ring (bicyclic) bond motifs is 1. The Morgan fingerprint density at radius 2 is 1.96 bits per heavy atom. The molecule has 2 aromatic carbocycles. The van der Waals surface area contributed by atoms with Crippen molar-refractivity contribution in [2.24, 2.45) is 0 Å². The Labute approximate surface area is 134 Å². The average molecular weight is 309 g/mol. The van der Waals surface area contributed by atoms with Gasteiger partial charge in [0.05, 0.1) is 18.2 Å². The van der Waals surface area contributed by atoms with E-state index in [-0.39, 0.29) is 12.5 Å². The Hall–Kier alpha value is -2.66. The summed E-state index contributed by atoms with van der Waals surface area (Å²) >= 11 is 0. The molecule has 5 heteroatoms. The molecule has 23 heavy (non-hydrogen) atoms. The molecule has 0 spiro atoms. The highest BCUT2D eigenvalue weighted by Gasteiger charge is 2.18. The number of aliphatic hydroxyl groups excluding tert-OH is 1. The van der Waals surface area contributed by atoms with Crippen LogP contribution in [0.5, 0.6) is 0 Å². The highest BCUT2D eigenvalue weighted by molar-refractivity contribution is 6.04. The molecule has 3 N–H and O–H groups in total. The monoisotopic (exact) mass is 309 g/mol. The number of nitrogens with one attached hydrogen (secondary N) is 2. The molecule has 3 aromatic rings. The van der Waals surface area contributed by atoms with E-state index in [1.165, 1.54) is 5.56 Å². The molecule has 118 valence electrons. The molecular weight excluding hydrogens is 290 g/mol. The van der Waals surface area contributed by atoms with E-state index in [2.05, 4.69) is 22.4 Å². The zero-order valence-corrected chi connectivity index (χ0v) is 12.9. The van der Waals surface area contributed by atoms with Crippen LogP contribution in [-0.4, -0.2) is 27.8 Å². The number of rotatable bonds is 5. The van der Waals surface area contributed by atoms with Gasteiger partial charge in [0.2, 0.25) is 0 Å². The summed E-state index contributed by atoms with van der Waals surface area (Å²) in [6.07, 6.45) is 0.954. The van der Waals surface area contributed by atoms with Crippen molar-refractivity contribution in [1.29, 1.82) is 0 Å². The second kappa shape index (κ2) is 6.62. The number of aromatic amines is 1. The van der Waals surface area contributed by atoms with E-state index < -0.39 is 6.04 Å². The summed E-state index contributed by atoms with van der Waals surface area (Å²) in [5, 5.41) is 20.2. The van der Waals surface area contributed by atoms with Crippen LogP contribution in [0.4, 0.5) is 0 Å². The number of hydrogen-bond donors (Lipinski definition) is 3. The van der Waals surface area contributed by atoms with Gasteiger partial charge in [0.15, 0.2) is 5.69 Å². The first-order chi connectivity index (χ1) is 11.2. The number of aromatic nitrogens is 2. The Morgan fingerprint density at radius 3 is 2.65 bits per heavy atom. The van der Waals surface area contributed by atoms with Crippen molar-refractivity contribution in [2.45, 2.75) is 19.4 Å². The molecule has 1 unspecified atom stereocenters. The second-order valence-electron chi connectivity index (χ2n) is 5.42. The highest BCUT2D eigenvalue weighted by Crippen LogP contribution is 2.18. The fourth-order valence-corrected chi connectivity index (χ4v) is 2.58. The number of para-hydroxylation sites is 1. The molecule has 0 bridgehead atoms. The summed E-state index contributed by atoms with van der Waals surface area (Å²) in [6.45, 7) is 1.92. The molecular formula is C18H19N3O2. The van der Waals surface area contributed by atoms with Gasteiger partial charge in [-0.05, 0) is 23.6 Å². The van der Waals surface area contributed by atoms with Gasteiger partial charge in [-0.15, -0.1) is 0 Å². The molecule has 0 aliphatic heterocycles. The predicted molar refractivity (Wildman–Crippen MR) is 89.2 cm³/mol. The number of carbonyl (C=O) groups is 1. The van der Waals surface area contributed by atoms with Crippen molar-refractivity contribution in [3.63, 3.8) is 0 Å². The van der Waals surface area contributed by atoms with Crippen LogP contribution in [0, 0.1) is 0 Å². The molecule has 1 atom stereocenters. The minimum absolute atomic E-state index is 0.167. The maximum absolute atomic E-state index is 12.5. The number of nitrogens with zero attached hydrogens (tertiary/aromatic N) is 1. The number of hydrogen-bond acceptors (Lipinski definition) is 3. The maximum Gasteiger partial charge on any atom is 0.272 e. The second-order valence-corrected chi connectivity index (χ2v) is 5.42. The van der Waals surface area contributed by atoms with Crippen molar-refractivity contribution in [2.75, 3.05) is 6.61 Å². The topological polar surface area (TPSA) is 78.0 Å². The van der Waals surface area contributed by atoms with Crippen LogP contribution in [0.25, 0.3) is 10.9 Å². The van der Waals surface area contributed by atoms with Crippen LogP contribution in [-0.2, 0) is 6.42 Å². The molecule has 0 aliphatic carbocycles. The lowest BCUT2D eigenvalue weighted by Gasteiger charge is -2.16. The molecule has 3 rings (SSSR count). The number of amides is 1. The Bertz CT molecular complexity index is 809. The van der Waals surface area contributed by atoms with Crippen LogP contribution in [0.15, 0.2) is 48.5 Å². The summed E-state index contributed by atoms with van der Waals surface area (Å²) in [4.78, 5) is 12.5. The minimum Gasteiger partial charge on any atom is -0.394 e. The third-order valence-corrected chi connectivity index (χ3v) is 3.96. The summed E-state index contributed by atoms with van der Waals surface area (Å²) in [7, 11) is 0. The molecule has 1 aromatic heterocycles. The van der Waals surface area contributed by atoms with Crippen LogP contribution in [0.2, 0.25) is 0 Å². The molecule has 1 amide bonds. The van der Waals surface area contributed by atoms with Gasteiger partial charge in [-0.3, -0.25) is 9.89 Å². The van der Waals surface area contributed by atoms with Gasteiger partial charge in [0.25, 0.3) is 5.91 Å². The van der Waals surface area contributed by atoms with E-state index in [9.17, 15) is 9.90 Å². The molecule has 5 nitrogen and oxygen atoms in total. The number of aliphatic hydroxyl groups is 1. The lowest BCUT2D eigenvalue weighted by Crippen LogP contribution is -2.31. The Kier molecular flexibility index (Phi) is 4.39. The largest absolute Gasteiger partial charge is 0.394 e. The third-order valence-electron chi connectivity index (χ3n) is 3.96. The van der Waals surface area contributed by atoms with E-state index in [1.54, 1.807) is 0 Å². The van der Waals surface area contributed by atoms with Gasteiger partial charge in [0, 0.05) is 5.39 Å². The van der Waals surface area contributed by atoms with Crippen molar-refractivity contribution in [3.05, 3.63) is 65.4 Å². The van der Waals surface area contributed by atoms with E-state index in [0.717, 1.165) is 22.9 Å². The summed E-state index contributed by atoms with van der Waals surface area (Å²) in [6, 6.07) is 14.9. The van der Waals surface area contributed by atoms with Crippen LogP contribution >= 0.6 is 0 Å². The molecule has 0 radical (unpaired) electrons. The van der Waals surface area contributed by atoms with Crippen LogP contribution < -0.4 is 5.32 Å². The summed E-state index contributed by atoms with van der Waals surface area (Å²) < 4.78 is 0. The van der Waals surface area contributed by atoms with Gasteiger partial charge in [-0.1, -0.05) is 49.4 Å². The van der Waals surface area contributed by atoms with Crippen molar-refractivity contribution < 1.29 is 9.90 Å². The fraction of sp³-hybridized carbons (Fsp3) is 0.222. The zero-order valence-electron chi connectivity index (χ0n) is 12.9. The lowest BCUT2D eigenvalue weighted by atomic mass is 10.0. The molecule has 1 heterocycles. The first-order valence-corrected chi connectivity index (χ1v) is 7.66. The average Bonchev–Trinajstić information content (AvgIpc) is 3.04. The molecule has 0 saturated heterocycles. The summed E-state index contributed by atoms with van der Waals surface area (Å²) in [5.74, 6) is -0.305. The van der Waals surface area contributed by atoms with E-state index in [4.69, 9.17) is 0 Å². The standard InChI is InChI=1S/C18H19N3O2/c1-2-12-7-9-13(10-8-12)16(11-22)19-18(23)17-14-5-3-4-6-15(14)20-21-17/h3-10,16,22H,2,11H2,1H3,(H,19,23)(H,20,21). The molecule has 0 aliphatic rings. The number of H-pyrrole nitrogens is 1. The zero-order chi connectivity index (χ0) is 16.2. The van der Waals surface area contributed by atoms with Gasteiger partial charge >= 0.3 is 0 Å². The van der Waals surface area contributed by atoms with Crippen LogP contribution in [0.1, 0.15) is 34.6 Å². The van der Waals surface area contributed by atoms with Crippen LogP contribution in [0.3, 0.4) is 0 Å². The smallest absolute Gasteiger partial charge is 0.272 e. The van der Waals surface area contributed by atoms with Crippen molar-refractivity contribution in [1.82, 2.24) is 15.5 Å². The third kappa shape index (κ3) is 3.10. The number of carbonyl (C=O) groups excluding carboxylic acids is 1. The van der Waals surface area contributed by atoms with Gasteiger partial charge in [-0.2, -0.15) is 5.10 Å². The first-order valence-electron chi connectivity index (χ1n) is 7.66. The maximum atomic E-state index is 12.5. The van der Waals surface area contributed by atoms with E-state index in [0.29, 0.717) is 5.69 Å². The van der Waals surface area contributed by atoms with Crippen molar-refractivity contribution in [3.8, 4) is 0 Å². The lowest BCUT2D eigenvalue weighted by molar-refractivity contribution is 0.0912. The highest BCUT2D eigenvalue weighted by atomic mass is 16.3. The van der Waals surface area contributed by atoms with Gasteiger partial charge in [-0.25, -0.2) is 0 Å². The minimum atomic E-state index is -0.455. The quantitative estimate of drug-likeness (QED) is 0.678. The number of benzene rings is 2. The normalized spacial score (nSPS) is 12.3. The van der Waals surface area contributed by atoms with E-state index in [1.807, 2.05) is 48.5 Å². The first kappa shape index (κ1) is 15.2.